The Balaban J connectivity index is 0.00000220. The summed E-state index contributed by atoms with van der Waals surface area (Å²) in [4.78, 5) is 11.0. The molecule has 118 valence electrons. The van der Waals surface area contributed by atoms with E-state index in [4.69, 9.17) is 0 Å². The van der Waals surface area contributed by atoms with Crippen LogP contribution in [0.1, 0.15) is 17.2 Å². The fourth-order valence-electron chi connectivity index (χ4n) is 1.76. The van der Waals surface area contributed by atoms with Crippen molar-refractivity contribution in [3.8, 4) is 0 Å². The Morgan fingerprint density at radius 2 is 1.95 bits per heavy atom. The number of alkyl carbamates (subject to hydrolysis) is 1. The lowest BCUT2D eigenvalue weighted by Crippen LogP contribution is -2.49. The van der Waals surface area contributed by atoms with Crippen LogP contribution in [-0.4, -0.2) is 18.6 Å². The van der Waals surface area contributed by atoms with Crippen LogP contribution in [0.5, 0.6) is 0 Å². The second kappa shape index (κ2) is 5.96. The van der Waals surface area contributed by atoms with Crippen molar-refractivity contribution in [3.63, 3.8) is 0 Å². The maximum absolute atomic E-state index is 13.7. The van der Waals surface area contributed by atoms with Gasteiger partial charge in [0.2, 0.25) is 0 Å². The molecule has 0 radical (unpaired) electrons. The summed E-state index contributed by atoms with van der Waals surface area (Å²) in [7, 11) is 0. The summed E-state index contributed by atoms with van der Waals surface area (Å²) in [6, 6.07) is 0.456. The Bertz CT molecular complexity index is 552. The zero-order valence-electron chi connectivity index (χ0n) is 10.0. The van der Waals surface area contributed by atoms with Gasteiger partial charge in [-0.2, -0.15) is 13.2 Å². The molecule has 10 heteroatoms. The molecule has 1 atom stereocenters. The second-order valence-corrected chi connectivity index (χ2v) is 5.00. The number of rotatable bonds is 1. The van der Waals surface area contributed by atoms with Gasteiger partial charge in [0.15, 0.2) is 6.61 Å². The van der Waals surface area contributed by atoms with Crippen LogP contribution < -0.4 is 5.32 Å². The summed E-state index contributed by atoms with van der Waals surface area (Å²) in [5.41, 5.74) is -1.44. The molecule has 0 bridgehead atoms. The molecule has 1 heterocycles. The summed E-state index contributed by atoms with van der Waals surface area (Å²) in [6.07, 6.45) is -5.77. The van der Waals surface area contributed by atoms with Gasteiger partial charge in [-0.05, 0) is 23.8 Å². The highest BCUT2D eigenvalue weighted by Gasteiger charge is 2.48. The predicted octanol–water partition coefficient (Wildman–Crippen LogP) is 4.31. The van der Waals surface area contributed by atoms with Crippen molar-refractivity contribution in [1.29, 1.82) is 0 Å². The van der Waals surface area contributed by atoms with Crippen molar-refractivity contribution in [1.82, 2.24) is 5.32 Å². The molecule has 2 rings (SSSR count). The van der Waals surface area contributed by atoms with E-state index in [9.17, 15) is 26.7 Å². The minimum atomic E-state index is -4.67. The average Bonchev–Trinajstić information content (AvgIpc) is 2.32. The number of nitrogens with one attached hydrogen (secondary N) is 1. The molecule has 21 heavy (non-hydrogen) atoms. The minimum Gasteiger partial charge on any atom is -0.443 e. The molecule has 1 aliphatic rings. The zero-order valence-corrected chi connectivity index (χ0v) is 12.4. The van der Waals surface area contributed by atoms with E-state index in [1.807, 2.05) is 5.32 Å². The van der Waals surface area contributed by atoms with Crippen molar-refractivity contribution in [3.05, 3.63) is 33.8 Å². The van der Waals surface area contributed by atoms with Crippen LogP contribution in [0.2, 0.25) is 0 Å². The lowest BCUT2D eigenvalue weighted by Gasteiger charge is -2.32. The highest BCUT2D eigenvalue weighted by atomic mass is 79.9. The first-order valence-electron chi connectivity index (χ1n) is 5.29. The number of hydrogen-bond donors (Lipinski definition) is 1. The fourth-order valence-corrected chi connectivity index (χ4v) is 2.23. The molecule has 1 amide bonds. The number of carbonyl (C=O) groups excluding carboxylic acids is 1. The maximum Gasteiger partial charge on any atom is 0.416 e. The monoisotopic (exact) mass is 395 g/mol. The third-order valence-electron chi connectivity index (χ3n) is 2.71. The highest BCUT2D eigenvalue weighted by molar-refractivity contribution is 9.10. The highest BCUT2D eigenvalue weighted by Crippen LogP contribution is 2.40. The van der Waals surface area contributed by atoms with E-state index in [2.05, 4.69) is 20.7 Å². The Morgan fingerprint density at radius 1 is 1.33 bits per heavy atom. The summed E-state index contributed by atoms with van der Waals surface area (Å²) < 4.78 is 69.4. The van der Waals surface area contributed by atoms with Gasteiger partial charge in [-0.1, -0.05) is 15.9 Å². The van der Waals surface area contributed by atoms with Gasteiger partial charge in [-0.3, -0.25) is 0 Å². The molecule has 1 aliphatic heterocycles. The quantitative estimate of drug-likeness (QED) is 0.719. The maximum atomic E-state index is 13.7. The topological polar surface area (TPSA) is 38.3 Å². The van der Waals surface area contributed by atoms with Gasteiger partial charge in [-0.15, -0.1) is 12.4 Å². The average molecular weight is 397 g/mol. The third-order valence-corrected chi connectivity index (χ3v) is 3.44. The van der Waals surface area contributed by atoms with Gasteiger partial charge in [0.25, 0.3) is 0 Å². The van der Waals surface area contributed by atoms with Gasteiger partial charge in [0, 0.05) is 4.47 Å². The molecule has 3 nitrogen and oxygen atoms in total. The first kappa shape index (κ1) is 18.0. The van der Waals surface area contributed by atoms with E-state index < -0.39 is 36.4 Å². The van der Waals surface area contributed by atoms with Crippen LogP contribution >= 0.6 is 28.3 Å². The Labute approximate surface area is 130 Å². The lowest BCUT2D eigenvalue weighted by atomic mass is 9.98. The van der Waals surface area contributed by atoms with Crippen LogP contribution in [0.25, 0.3) is 0 Å². The van der Waals surface area contributed by atoms with Crippen LogP contribution in [0.4, 0.5) is 26.7 Å². The lowest BCUT2D eigenvalue weighted by molar-refractivity contribution is -0.138. The zero-order chi connectivity index (χ0) is 15.1. The molecule has 1 saturated heterocycles. The Hall–Kier alpha value is -1.09. The Morgan fingerprint density at radius 3 is 2.52 bits per heavy atom. The molecule has 1 aromatic rings. The number of benzene rings is 1. The molecule has 0 unspecified atom stereocenters. The normalized spacial score (nSPS) is 21.0. The number of alkyl halides is 5. The fraction of sp³-hybridized carbons (Fsp3) is 0.364. The van der Waals surface area contributed by atoms with E-state index in [0.29, 0.717) is 6.07 Å². The summed E-state index contributed by atoms with van der Waals surface area (Å²) in [5.74, 6) is -3.51. The second-order valence-electron chi connectivity index (χ2n) is 4.15. The smallest absolute Gasteiger partial charge is 0.416 e. The van der Waals surface area contributed by atoms with Gasteiger partial charge >= 0.3 is 18.2 Å². The van der Waals surface area contributed by atoms with Gasteiger partial charge < -0.3 is 10.1 Å². The molecule has 1 N–H and O–H groups in total. The van der Waals surface area contributed by atoms with E-state index in [-0.39, 0.29) is 22.4 Å². The summed E-state index contributed by atoms with van der Waals surface area (Å²) in [6.45, 7) is -1.19. The van der Waals surface area contributed by atoms with Crippen molar-refractivity contribution in [2.24, 2.45) is 0 Å². The molecule has 0 spiro atoms. The van der Waals surface area contributed by atoms with Crippen LogP contribution in [-0.2, 0) is 10.9 Å². The van der Waals surface area contributed by atoms with Crippen molar-refractivity contribution >= 4 is 34.4 Å². The SMILES string of the molecule is Cl.O=C1N[C@@H](c2cc(C(F)(F)F)ccc2Br)C(F)(F)CO1. The van der Waals surface area contributed by atoms with Gasteiger partial charge in [0.1, 0.15) is 6.04 Å². The van der Waals surface area contributed by atoms with Crippen molar-refractivity contribution < 1.29 is 31.5 Å². The van der Waals surface area contributed by atoms with E-state index in [1.54, 1.807) is 0 Å². The number of hydrogen-bond acceptors (Lipinski definition) is 2. The molecule has 0 aliphatic carbocycles. The number of carbonyl (C=O) groups is 1. The van der Waals surface area contributed by atoms with Crippen molar-refractivity contribution in [2.45, 2.75) is 18.1 Å². The van der Waals surface area contributed by atoms with Gasteiger partial charge in [0.05, 0.1) is 5.56 Å². The molecule has 0 saturated carbocycles. The minimum absolute atomic E-state index is 0. The first-order chi connectivity index (χ1) is 9.11. The Kier molecular flexibility index (Phi) is 5.09. The predicted molar refractivity (Wildman–Crippen MR) is 68.6 cm³/mol. The molecular weight excluding hydrogens is 388 g/mol. The largest absolute Gasteiger partial charge is 0.443 e. The van der Waals surface area contributed by atoms with Crippen LogP contribution in [0.15, 0.2) is 22.7 Å². The van der Waals surface area contributed by atoms with E-state index in [0.717, 1.165) is 12.1 Å². The van der Waals surface area contributed by atoms with Crippen LogP contribution in [0.3, 0.4) is 0 Å². The van der Waals surface area contributed by atoms with Gasteiger partial charge in [-0.25, -0.2) is 13.6 Å². The number of ether oxygens (including phenoxy) is 1. The van der Waals surface area contributed by atoms with Crippen LogP contribution in [0, 0.1) is 0 Å². The standard InChI is InChI=1S/C11H7BrF5NO2.ClH/c12-7-2-1-5(11(15,16)17)3-6(7)8-10(13,14)4-20-9(19)18-8;/h1-3,8H,4H2,(H,18,19);1H/t8-;/m0./s1. The third kappa shape index (κ3) is 3.76. The summed E-state index contributed by atoms with van der Waals surface area (Å²) in [5, 5.41) is 1.83. The first-order valence-corrected chi connectivity index (χ1v) is 6.08. The number of halogens is 7. The van der Waals surface area contributed by atoms with E-state index in [1.165, 1.54) is 0 Å². The molecule has 1 aromatic carbocycles. The number of cyclic esters (lactones) is 1. The molecule has 0 aromatic heterocycles. The van der Waals surface area contributed by atoms with Crippen molar-refractivity contribution in [2.75, 3.05) is 6.61 Å². The number of amides is 1. The van der Waals surface area contributed by atoms with E-state index >= 15 is 0 Å². The molecule has 1 fully saturated rings. The molecular formula is C11H8BrClF5NO2. The summed E-state index contributed by atoms with van der Waals surface area (Å²) >= 11 is 2.91.